The van der Waals surface area contributed by atoms with Gasteiger partial charge in [0, 0.05) is 4.47 Å². The van der Waals surface area contributed by atoms with Crippen LogP contribution in [0.15, 0.2) is 59.1 Å². The molecule has 0 heterocycles. The third-order valence-electron chi connectivity index (χ3n) is 3.60. The maximum absolute atomic E-state index is 12.2. The summed E-state index contributed by atoms with van der Waals surface area (Å²) in [5.41, 5.74) is 1.84. The van der Waals surface area contributed by atoms with Crippen molar-refractivity contribution in [3.8, 4) is 0 Å². The molecule has 1 N–H and O–H groups in total. The second-order valence-electron chi connectivity index (χ2n) is 5.58. The summed E-state index contributed by atoms with van der Waals surface area (Å²) in [6, 6.07) is 16.9. The van der Waals surface area contributed by atoms with Crippen molar-refractivity contribution in [1.29, 1.82) is 0 Å². The zero-order valence-electron chi connectivity index (χ0n) is 13.7. The maximum atomic E-state index is 12.2. The van der Waals surface area contributed by atoms with Crippen LogP contribution in [0.25, 0.3) is 0 Å². The lowest BCUT2D eigenvalue weighted by Gasteiger charge is -2.18. The minimum Gasteiger partial charge on any atom is -0.452 e. The van der Waals surface area contributed by atoms with Crippen LogP contribution in [0.1, 0.15) is 31.0 Å². The van der Waals surface area contributed by atoms with Crippen molar-refractivity contribution in [3.05, 3.63) is 70.2 Å². The van der Waals surface area contributed by atoms with Crippen LogP contribution >= 0.6 is 15.9 Å². The van der Waals surface area contributed by atoms with Gasteiger partial charge in [-0.25, -0.2) is 0 Å². The van der Waals surface area contributed by atoms with E-state index in [1.807, 2.05) is 61.5 Å². The van der Waals surface area contributed by atoms with Crippen molar-refractivity contribution < 1.29 is 14.3 Å². The lowest BCUT2D eigenvalue weighted by atomic mass is 10.1. The summed E-state index contributed by atoms with van der Waals surface area (Å²) in [6.07, 6.45) is -0.696. The van der Waals surface area contributed by atoms with E-state index in [1.165, 1.54) is 0 Å². The molecule has 0 aliphatic rings. The van der Waals surface area contributed by atoms with Gasteiger partial charge in [-0.2, -0.15) is 0 Å². The minimum absolute atomic E-state index is 0.138. The summed E-state index contributed by atoms with van der Waals surface area (Å²) in [4.78, 5) is 24.1. The van der Waals surface area contributed by atoms with Gasteiger partial charge in [-0.3, -0.25) is 9.59 Å². The maximum Gasteiger partial charge on any atom is 0.311 e. The molecule has 0 aliphatic heterocycles. The molecular formula is C19H20BrNO3. The van der Waals surface area contributed by atoms with E-state index in [2.05, 4.69) is 21.2 Å². The highest BCUT2D eigenvalue weighted by atomic mass is 79.9. The Labute approximate surface area is 150 Å². The quantitative estimate of drug-likeness (QED) is 0.764. The number of rotatable bonds is 6. The summed E-state index contributed by atoms with van der Waals surface area (Å²) in [5, 5.41) is 2.85. The third-order valence-corrected chi connectivity index (χ3v) is 4.13. The smallest absolute Gasteiger partial charge is 0.311 e. The molecule has 0 saturated heterocycles. The van der Waals surface area contributed by atoms with Gasteiger partial charge >= 0.3 is 5.97 Å². The number of amides is 1. The Morgan fingerprint density at radius 1 is 1.04 bits per heavy atom. The second-order valence-corrected chi connectivity index (χ2v) is 6.49. The normalized spacial score (nSPS) is 13.0. The topological polar surface area (TPSA) is 55.4 Å². The molecule has 0 spiro atoms. The molecule has 0 fully saturated rings. The fourth-order valence-electron chi connectivity index (χ4n) is 2.22. The average Bonchev–Trinajstić information content (AvgIpc) is 2.57. The Bertz CT molecular complexity index is 686. The van der Waals surface area contributed by atoms with Gasteiger partial charge in [0.2, 0.25) is 0 Å². The van der Waals surface area contributed by atoms with E-state index in [-0.39, 0.29) is 18.4 Å². The van der Waals surface area contributed by atoms with Gasteiger partial charge in [-0.05, 0) is 37.1 Å². The highest BCUT2D eigenvalue weighted by Crippen LogP contribution is 2.13. The fourth-order valence-corrected chi connectivity index (χ4v) is 2.48. The van der Waals surface area contributed by atoms with E-state index in [4.69, 9.17) is 4.74 Å². The van der Waals surface area contributed by atoms with Gasteiger partial charge in [0.05, 0.1) is 12.5 Å². The van der Waals surface area contributed by atoms with Crippen molar-refractivity contribution in [2.75, 3.05) is 0 Å². The number of carbonyl (C=O) groups is 2. The Morgan fingerprint density at radius 3 is 2.29 bits per heavy atom. The number of halogens is 1. The van der Waals surface area contributed by atoms with Crippen molar-refractivity contribution in [2.45, 2.75) is 32.4 Å². The third kappa shape index (κ3) is 5.49. The van der Waals surface area contributed by atoms with E-state index in [9.17, 15) is 9.59 Å². The first-order valence-corrected chi connectivity index (χ1v) is 8.54. The van der Waals surface area contributed by atoms with Gasteiger partial charge in [0.25, 0.3) is 5.91 Å². The highest BCUT2D eigenvalue weighted by molar-refractivity contribution is 9.10. The predicted molar refractivity (Wildman–Crippen MR) is 96.4 cm³/mol. The van der Waals surface area contributed by atoms with Crippen molar-refractivity contribution in [3.63, 3.8) is 0 Å². The SMILES string of the molecule is CC(OC(=O)Cc1ccc(Br)cc1)C(=O)NC(C)c1ccccc1. The molecule has 0 aliphatic carbocycles. The Morgan fingerprint density at radius 2 is 1.67 bits per heavy atom. The van der Waals surface area contributed by atoms with Crippen LogP contribution in [0, 0.1) is 0 Å². The first-order chi connectivity index (χ1) is 11.5. The van der Waals surface area contributed by atoms with Crippen molar-refractivity contribution in [2.24, 2.45) is 0 Å². The number of hydrogen-bond acceptors (Lipinski definition) is 3. The van der Waals surface area contributed by atoms with Crippen molar-refractivity contribution >= 4 is 27.8 Å². The number of ether oxygens (including phenoxy) is 1. The van der Waals surface area contributed by atoms with E-state index < -0.39 is 12.1 Å². The first kappa shape index (κ1) is 18.2. The summed E-state index contributed by atoms with van der Waals surface area (Å²) >= 11 is 3.34. The van der Waals surface area contributed by atoms with Crippen LogP contribution in [0.2, 0.25) is 0 Å². The van der Waals surface area contributed by atoms with E-state index in [1.54, 1.807) is 6.92 Å². The van der Waals surface area contributed by atoms with Crippen LogP contribution in [0.3, 0.4) is 0 Å². The molecule has 2 aromatic rings. The summed E-state index contributed by atoms with van der Waals surface area (Å²) < 4.78 is 6.17. The molecule has 24 heavy (non-hydrogen) atoms. The van der Waals surface area contributed by atoms with Gasteiger partial charge in [-0.15, -0.1) is 0 Å². The Kier molecular flexibility index (Phi) is 6.55. The Balaban J connectivity index is 1.84. The zero-order valence-corrected chi connectivity index (χ0v) is 15.2. The molecule has 1 amide bonds. The molecule has 2 aromatic carbocycles. The van der Waals surface area contributed by atoms with Gasteiger partial charge in [0.1, 0.15) is 0 Å². The second kappa shape index (κ2) is 8.64. The van der Waals surface area contributed by atoms with Gasteiger partial charge in [0.15, 0.2) is 6.10 Å². The van der Waals surface area contributed by atoms with Crippen LogP contribution in [0.5, 0.6) is 0 Å². The molecular weight excluding hydrogens is 370 g/mol. The number of hydrogen-bond donors (Lipinski definition) is 1. The van der Waals surface area contributed by atoms with E-state index in [0.29, 0.717) is 0 Å². The summed E-state index contributed by atoms with van der Waals surface area (Å²) in [6.45, 7) is 3.47. The average molecular weight is 390 g/mol. The van der Waals surface area contributed by atoms with E-state index >= 15 is 0 Å². The predicted octanol–water partition coefficient (Wildman–Crippen LogP) is 3.80. The number of benzene rings is 2. The molecule has 5 heteroatoms. The van der Waals surface area contributed by atoms with Crippen LogP contribution < -0.4 is 5.32 Å². The molecule has 2 atom stereocenters. The molecule has 2 rings (SSSR count). The lowest BCUT2D eigenvalue weighted by Crippen LogP contribution is -2.37. The van der Waals surface area contributed by atoms with Crippen LogP contribution in [0.4, 0.5) is 0 Å². The minimum atomic E-state index is -0.834. The largest absolute Gasteiger partial charge is 0.452 e. The van der Waals surface area contributed by atoms with E-state index in [0.717, 1.165) is 15.6 Å². The molecule has 0 aromatic heterocycles. The monoisotopic (exact) mass is 389 g/mol. The van der Waals surface area contributed by atoms with Crippen molar-refractivity contribution in [1.82, 2.24) is 5.32 Å². The van der Waals surface area contributed by atoms with Gasteiger partial charge < -0.3 is 10.1 Å². The molecule has 126 valence electrons. The lowest BCUT2D eigenvalue weighted by molar-refractivity contribution is -0.154. The van der Waals surface area contributed by atoms with Gasteiger partial charge in [-0.1, -0.05) is 58.4 Å². The zero-order chi connectivity index (χ0) is 17.5. The fraction of sp³-hybridized carbons (Fsp3) is 0.263. The standard InChI is InChI=1S/C19H20BrNO3/c1-13(16-6-4-3-5-7-16)21-19(23)14(2)24-18(22)12-15-8-10-17(20)11-9-15/h3-11,13-14H,12H2,1-2H3,(H,21,23). The molecule has 4 nitrogen and oxygen atoms in total. The molecule has 0 saturated carbocycles. The Hall–Kier alpha value is -2.14. The first-order valence-electron chi connectivity index (χ1n) is 7.75. The summed E-state index contributed by atoms with van der Waals surface area (Å²) in [5.74, 6) is -0.733. The highest BCUT2D eigenvalue weighted by Gasteiger charge is 2.20. The molecule has 0 bridgehead atoms. The number of nitrogens with one attached hydrogen (secondary N) is 1. The van der Waals surface area contributed by atoms with Crippen LogP contribution in [-0.2, 0) is 20.7 Å². The van der Waals surface area contributed by atoms with Crippen LogP contribution in [-0.4, -0.2) is 18.0 Å². The molecule has 2 unspecified atom stereocenters. The number of carbonyl (C=O) groups excluding carboxylic acids is 2. The molecule has 0 radical (unpaired) electrons. The number of esters is 1. The summed E-state index contributed by atoms with van der Waals surface area (Å²) in [7, 11) is 0.